The lowest BCUT2D eigenvalue weighted by atomic mass is 10.0. The topological polar surface area (TPSA) is 107 Å². The molecule has 0 aromatic rings. The van der Waals surface area contributed by atoms with E-state index < -0.39 is 36.5 Å². The molecular weight excluding hydrogens is 360 g/mol. The number of carboxylic acid groups (broad SMARTS) is 1. The van der Waals surface area contributed by atoms with Crippen molar-refractivity contribution in [2.24, 2.45) is 0 Å². The van der Waals surface area contributed by atoms with E-state index in [1.165, 1.54) is 0 Å². The minimum atomic E-state index is -0.849. The predicted molar refractivity (Wildman–Crippen MR) is 109 cm³/mol. The fourth-order valence-electron chi connectivity index (χ4n) is 2.84. The number of hydrogen-bond acceptors (Lipinski definition) is 5. The summed E-state index contributed by atoms with van der Waals surface area (Å²) in [6.45, 7) is 2.08. The van der Waals surface area contributed by atoms with Gasteiger partial charge in [0.1, 0.15) is 6.10 Å². The zero-order valence-corrected chi connectivity index (χ0v) is 16.6. The second kappa shape index (κ2) is 14.3. The third-order valence-corrected chi connectivity index (χ3v) is 4.42. The SMILES string of the molecule is CC/C=C\C/C=C\C[C@H](O)[C@@H]1C[C@H](O)[C@@H](/C=C/[C@H](O)C/C=C\CCC(=O)O)O1. The largest absolute Gasteiger partial charge is 0.481 e. The molecular formula is C22H34O6. The second-order valence-corrected chi connectivity index (χ2v) is 6.92. The maximum atomic E-state index is 10.4. The molecule has 0 aromatic carbocycles. The van der Waals surface area contributed by atoms with Gasteiger partial charge in [0.2, 0.25) is 0 Å². The molecule has 28 heavy (non-hydrogen) atoms. The summed E-state index contributed by atoms with van der Waals surface area (Å²) < 4.78 is 5.72. The van der Waals surface area contributed by atoms with Crippen LogP contribution < -0.4 is 0 Å². The van der Waals surface area contributed by atoms with Gasteiger partial charge in [-0.1, -0.05) is 55.5 Å². The first-order valence-corrected chi connectivity index (χ1v) is 9.98. The molecule has 1 aliphatic heterocycles. The Balaban J connectivity index is 2.34. The van der Waals surface area contributed by atoms with E-state index in [4.69, 9.17) is 9.84 Å². The van der Waals surface area contributed by atoms with Gasteiger partial charge >= 0.3 is 5.97 Å². The van der Waals surface area contributed by atoms with Crippen LogP contribution >= 0.6 is 0 Å². The van der Waals surface area contributed by atoms with Crippen LogP contribution in [0.2, 0.25) is 0 Å². The molecule has 1 saturated heterocycles. The lowest BCUT2D eigenvalue weighted by molar-refractivity contribution is -0.136. The Hall–Kier alpha value is -1.73. The number of carboxylic acids is 1. The van der Waals surface area contributed by atoms with E-state index in [0.29, 0.717) is 25.7 Å². The summed E-state index contributed by atoms with van der Waals surface area (Å²) in [6.07, 6.45) is 15.1. The van der Waals surface area contributed by atoms with Gasteiger partial charge in [0.25, 0.3) is 0 Å². The van der Waals surface area contributed by atoms with Gasteiger partial charge in [0.05, 0.1) is 24.4 Å². The van der Waals surface area contributed by atoms with E-state index in [0.717, 1.165) is 12.8 Å². The minimum absolute atomic E-state index is 0.0683. The number of aliphatic hydroxyl groups is 3. The standard InChI is InChI=1S/C22H34O6/c1-2-3-4-5-6-9-12-18(24)21-16-19(25)20(28-21)15-14-17(23)11-8-7-10-13-22(26)27/h3-4,6-9,14-15,17-21,23-25H,2,5,10-13,16H2,1H3,(H,26,27)/b4-3-,8-7-,9-6-,15-14+/t17-,18+,19+,20-,21+/m1/s1. The first kappa shape index (κ1) is 24.3. The van der Waals surface area contributed by atoms with Crippen molar-refractivity contribution in [1.82, 2.24) is 0 Å². The molecule has 0 aliphatic carbocycles. The summed E-state index contributed by atoms with van der Waals surface area (Å²) in [6, 6.07) is 0. The number of carbonyl (C=O) groups is 1. The van der Waals surface area contributed by atoms with Crippen LogP contribution in [0.15, 0.2) is 48.6 Å². The highest BCUT2D eigenvalue weighted by molar-refractivity contribution is 5.66. The van der Waals surface area contributed by atoms with Crippen molar-refractivity contribution >= 4 is 5.97 Å². The van der Waals surface area contributed by atoms with Gasteiger partial charge in [0, 0.05) is 12.8 Å². The molecule has 1 fully saturated rings. The Morgan fingerprint density at radius 3 is 2.54 bits per heavy atom. The highest BCUT2D eigenvalue weighted by atomic mass is 16.5. The molecule has 0 aromatic heterocycles. The molecule has 6 nitrogen and oxygen atoms in total. The van der Waals surface area contributed by atoms with Crippen LogP contribution in [-0.4, -0.2) is 56.9 Å². The number of aliphatic hydroxyl groups excluding tert-OH is 3. The normalized spacial score (nSPS) is 25.5. The summed E-state index contributed by atoms with van der Waals surface area (Å²) in [5, 5.41) is 38.8. The molecule has 0 saturated carbocycles. The molecule has 6 heteroatoms. The smallest absolute Gasteiger partial charge is 0.303 e. The summed E-state index contributed by atoms with van der Waals surface area (Å²) in [7, 11) is 0. The molecule has 0 radical (unpaired) electrons. The van der Waals surface area contributed by atoms with Gasteiger partial charge in [-0.3, -0.25) is 4.79 Å². The van der Waals surface area contributed by atoms with Crippen molar-refractivity contribution in [2.75, 3.05) is 0 Å². The van der Waals surface area contributed by atoms with Gasteiger partial charge in [-0.25, -0.2) is 0 Å². The number of rotatable bonds is 13. The molecule has 1 rings (SSSR count). The van der Waals surface area contributed by atoms with Gasteiger partial charge in [0.15, 0.2) is 0 Å². The maximum absolute atomic E-state index is 10.4. The van der Waals surface area contributed by atoms with Crippen molar-refractivity contribution in [1.29, 1.82) is 0 Å². The second-order valence-electron chi connectivity index (χ2n) is 6.92. The van der Waals surface area contributed by atoms with E-state index in [-0.39, 0.29) is 6.42 Å². The highest BCUT2D eigenvalue weighted by Gasteiger charge is 2.35. The van der Waals surface area contributed by atoms with Gasteiger partial charge < -0.3 is 25.2 Å². The quantitative estimate of drug-likeness (QED) is 0.358. The van der Waals surface area contributed by atoms with Crippen LogP contribution in [0.3, 0.4) is 0 Å². The van der Waals surface area contributed by atoms with Crippen molar-refractivity contribution in [2.45, 2.75) is 82.4 Å². The lowest BCUT2D eigenvalue weighted by Crippen LogP contribution is -2.25. The first-order chi connectivity index (χ1) is 13.4. The van der Waals surface area contributed by atoms with Crippen LogP contribution in [0.25, 0.3) is 0 Å². The van der Waals surface area contributed by atoms with Crippen molar-refractivity contribution in [3.63, 3.8) is 0 Å². The van der Waals surface area contributed by atoms with Gasteiger partial charge in [-0.2, -0.15) is 0 Å². The molecule has 0 unspecified atom stereocenters. The number of hydrogen-bond donors (Lipinski definition) is 4. The Labute approximate surface area is 167 Å². The summed E-state index contributed by atoms with van der Waals surface area (Å²) in [5.74, 6) is -0.849. The van der Waals surface area contributed by atoms with Crippen LogP contribution in [0, 0.1) is 0 Å². The van der Waals surface area contributed by atoms with Gasteiger partial charge in [-0.15, -0.1) is 0 Å². The first-order valence-electron chi connectivity index (χ1n) is 9.98. The maximum Gasteiger partial charge on any atom is 0.303 e. The van der Waals surface area contributed by atoms with E-state index in [9.17, 15) is 20.1 Å². The van der Waals surface area contributed by atoms with E-state index >= 15 is 0 Å². The monoisotopic (exact) mass is 394 g/mol. The number of ether oxygens (including phenoxy) is 1. The summed E-state index contributed by atoms with van der Waals surface area (Å²) in [5.41, 5.74) is 0. The van der Waals surface area contributed by atoms with Crippen molar-refractivity contribution in [3.8, 4) is 0 Å². The molecule has 1 aliphatic rings. The average Bonchev–Trinajstić information content (AvgIpc) is 3.03. The Morgan fingerprint density at radius 1 is 1.11 bits per heavy atom. The molecule has 5 atom stereocenters. The molecule has 1 heterocycles. The Morgan fingerprint density at radius 2 is 1.82 bits per heavy atom. The number of allylic oxidation sites excluding steroid dienone is 4. The van der Waals surface area contributed by atoms with E-state index in [2.05, 4.69) is 19.1 Å². The fourth-order valence-corrected chi connectivity index (χ4v) is 2.84. The summed E-state index contributed by atoms with van der Waals surface area (Å²) in [4.78, 5) is 10.4. The third kappa shape index (κ3) is 10.6. The third-order valence-electron chi connectivity index (χ3n) is 4.42. The Bertz CT molecular complexity index is 551. The van der Waals surface area contributed by atoms with Crippen molar-refractivity contribution < 1.29 is 30.0 Å². The highest BCUT2D eigenvalue weighted by Crippen LogP contribution is 2.25. The van der Waals surface area contributed by atoms with Gasteiger partial charge in [-0.05, 0) is 32.1 Å². The molecule has 158 valence electrons. The van der Waals surface area contributed by atoms with Crippen LogP contribution in [-0.2, 0) is 9.53 Å². The molecule has 0 amide bonds. The fraction of sp³-hybridized carbons (Fsp3) is 0.591. The van der Waals surface area contributed by atoms with Crippen LogP contribution in [0.5, 0.6) is 0 Å². The predicted octanol–water partition coefficient (Wildman–Crippen LogP) is 2.90. The van der Waals surface area contributed by atoms with Crippen LogP contribution in [0.4, 0.5) is 0 Å². The lowest BCUT2D eigenvalue weighted by Gasteiger charge is -2.16. The van der Waals surface area contributed by atoms with Crippen molar-refractivity contribution in [3.05, 3.63) is 48.6 Å². The number of aliphatic carboxylic acids is 1. The zero-order valence-electron chi connectivity index (χ0n) is 16.6. The zero-order chi connectivity index (χ0) is 20.8. The molecule has 4 N–H and O–H groups in total. The van der Waals surface area contributed by atoms with E-state index in [1.54, 1.807) is 24.3 Å². The molecule has 0 spiro atoms. The minimum Gasteiger partial charge on any atom is -0.481 e. The molecule has 0 bridgehead atoms. The average molecular weight is 395 g/mol. The summed E-state index contributed by atoms with van der Waals surface area (Å²) >= 11 is 0. The van der Waals surface area contributed by atoms with Crippen LogP contribution in [0.1, 0.15) is 51.9 Å². The van der Waals surface area contributed by atoms with E-state index in [1.807, 2.05) is 12.2 Å². The Kier molecular flexibility index (Phi) is 12.4.